The lowest BCUT2D eigenvalue weighted by atomic mass is 9.97. The third-order valence-electron chi connectivity index (χ3n) is 13.1. The van der Waals surface area contributed by atoms with Gasteiger partial charge in [0, 0.05) is 44.2 Å². The Morgan fingerprint density at radius 2 is 0.754 bits per heavy atom. The number of furan rings is 2. The highest BCUT2D eigenvalue weighted by atomic mass is 16.3. The predicted molar refractivity (Wildman–Crippen MR) is 272 cm³/mol. The highest BCUT2D eigenvalue weighted by Crippen LogP contribution is 2.42. The van der Waals surface area contributed by atoms with Gasteiger partial charge in [-0.3, -0.25) is 0 Å². The maximum Gasteiger partial charge on any atom is 0.143 e. The summed E-state index contributed by atoms with van der Waals surface area (Å²) in [5.41, 5.74) is 16.0. The fourth-order valence-corrected chi connectivity index (χ4v) is 9.86. The first-order valence-electron chi connectivity index (χ1n) is 22.1. The highest BCUT2D eigenvalue weighted by Gasteiger charge is 2.18. The van der Waals surface area contributed by atoms with Crippen molar-refractivity contribution in [3.63, 3.8) is 0 Å². The Labute approximate surface area is 375 Å². The molecule has 0 bridgehead atoms. The Kier molecular flexibility index (Phi) is 8.53. The van der Waals surface area contributed by atoms with Gasteiger partial charge in [0.1, 0.15) is 22.3 Å². The van der Waals surface area contributed by atoms with Gasteiger partial charge in [-0.25, -0.2) is 0 Å². The van der Waals surface area contributed by atoms with Gasteiger partial charge >= 0.3 is 0 Å². The molecule has 13 aromatic rings. The quantitative estimate of drug-likeness (QED) is 0.150. The van der Waals surface area contributed by atoms with Crippen molar-refractivity contribution in [3.8, 4) is 44.5 Å². The molecule has 11 aromatic carbocycles. The molecule has 13 rings (SSSR count). The summed E-state index contributed by atoms with van der Waals surface area (Å²) in [5, 5.41) is 9.53. The van der Waals surface area contributed by atoms with E-state index in [0.29, 0.717) is 0 Å². The minimum atomic E-state index is 0.885. The summed E-state index contributed by atoms with van der Waals surface area (Å²) in [6.45, 7) is 0. The first kappa shape index (κ1) is 36.9. The first-order chi connectivity index (χ1) is 32.2. The summed E-state index contributed by atoms with van der Waals surface area (Å²) < 4.78 is 12.8. The molecule has 65 heavy (non-hydrogen) atoms. The summed E-state index contributed by atoms with van der Waals surface area (Å²) in [6, 6.07) is 84.7. The van der Waals surface area contributed by atoms with Crippen molar-refractivity contribution in [1.29, 1.82) is 0 Å². The molecular weight excluding hydrogens is 791 g/mol. The lowest BCUT2D eigenvalue weighted by molar-refractivity contribution is 0.669. The van der Waals surface area contributed by atoms with Gasteiger partial charge in [0.25, 0.3) is 0 Å². The fraction of sp³-hybridized carbons (Fsp3) is 0. The zero-order valence-electron chi connectivity index (χ0n) is 35.3. The maximum absolute atomic E-state index is 6.51. The molecule has 2 heterocycles. The van der Waals surface area contributed by atoms with E-state index in [-0.39, 0.29) is 0 Å². The highest BCUT2D eigenvalue weighted by molar-refractivity contribution is 6.13. The number of hydrogen-bond acceptors (Lipinski definition) is 3. The van der Waals surface area contributed by atoms with E-state index in [2.05, 4.69) is 223 Å². The third-order valence-corrected chi connectivity index (χ3v) is 13.1. The average molecular weight is 830 g/mol. The van der Waals surface area contributed by atoms with Crippen LogP contribution in [0, 0.1) is 0 Å². The molecule has 3 heteroatoms. The molecule has 0 aliphatic heterocycles. The Balaban J connectivity index is 0.886. The van der Waals surface area contributed by atoms with Crippen LogP contribution in [-0.4, -0.2) is 0 Å². The minimum absolute atomic E-state index is 0.885. The molecule has 0 aliphatic rings. The molecule has 2 aromatic heterocycles. The number of anilines is 3. The number of rotatable bonds is 7. The van der Waals surface area contributed by atoms with Crippen LogP contribution in [0.15, 0.2) is 245 Å². The summed E-state index contributed by atoms with van der Waals surface area (Å²) in [6.07, 6.45) is 0. The molecule has 304 valence electrons. The van der Waals surface area contributed by atoms with Crippen molar-refractivity contribution in [2.45, 2.75) is 0 Å². The summed E-state index contributed by atoms with van der Waals surface area (Å²) >= 11 is 0. The van der Waals surface area contributed by atoms with Crippen molar-refractivity contribution in [1.82, 2.24) is 0 Å². The van der Waals surface area contributed by atoms with E-state index >= 15 is 0 Å². The summed E-state index contributed by atoms with van der Waals surface area (Å²) in [7, 11) is 0. The van der Waals surface area contributed by atoms with E-state index in [4.69, 9.17) is 8.83 Å². The molecule has 0 fully saturated rings. The van der Waals surface area contributed by atoms with Crippen LogP contribution < -0.4 is 4.90 Å². The van der Waals surface area contributed by atoms with Gasteiger partial charge in [-0.15, -0.1) is 0 Å². The van der Waals surface area contributed by atoms with E-state index in [0.717, 1.165) is 94.3 Å². The van der Waals surface area contributed by atoms with Crippen LogP contribution in [0.3, 0.4) is 0 Å². The van der Waals surface area contributed by atoms with Crippen LogP contribution in [0.1, 0.15) is 0 Å². The SMILES string of the molecule is c1ccc(-c2cccc3c2oc2ccc(-c4ccc(N(c5ccc(-c6ccc7ccc8ccccc8c7c6)cc5)c5ccc(-c6cccc7oc8ccccc8c67)cc5)cc4)cc23)cc1. The molecular formula is C62H39NO2. The second kappa shape index (κ2) is 15.0. The number of benzene rings is 11. The minimum Gasteiger partial charge on any atom is -0.456 e. The second-order valence-electron chi connectivity index (χ2n) is 16.8. The molecule has 0 unspecified atom stereocenters. The molecule has 0 aliphatic carbocycles. The van der Waals surface area contributed by atoms with Crippen LogP contribution in [0.4, 0.5) is 17.1 Å². The lowest BCUT2D eigenvalue weighted by Crippen LogP contribution is -2.09. The molecule has 0 amide bonds. The Morgan fingerprint density at radius 1 is 0.262 bits per heavy atom. The van der Waals surface area contributed by atoms with Gasteiger partial charge in [-0.05, 0) is 127 Å². The zero-order chi connectivity index (χ0) is 42.8. The van der Waals surface area contributed by atoms with E-state index in [1.54, 1.807) is 0 Å². The van der Waals surface area contributed by atoms with Crippen LogP contribution >= 0.6 is 0 Å². The summed E-state index contributed by atoms with van der Waals surface area (Å²) in [5.74, 6) is 0. The van der Waals surface area contributed by atoms with Crippen LogP contribution in [0.2, 0.25) is 0 Å². The second-order valence-corrected chi connectivity index (χ2v) is 16.8. The van der Waals surface area contributed by atoms with Gasteiger partial charge < -0.3 is 13.7 Å². The summed E-state index contributed by atoms with van der Waals surface area (Å²) in [4.78, 5) is 2.34. The van der Waals surface area contributed by atoms with Crippen molar-refractivity contribution >= 4 is 82.5 Å². The lowest BCUT2D eigenvalue weighted by Gasteiger charge is -2.26. The van der Waals surface area contributed by atoms with E-state index in [1.807, 2.05) is 18.2 Å². The molecule has 0 radical (unpaired) electrons. The van der Waals surface area contributed by atoms with Crippen molar-refractivity contribution in [2.24, 2.45) is 0 Å². The monoisotopic (exact) mass is 829 g/mol. The van der Waals surface area contributed by atoms with Gasteiger partial charge in [-0.1, -0.05) is 170 Å². The van der Waals surface area contributed by atoms with Gasteiger partial charge in [-0.2, -0.15) is 0 Å². The zero-order valence-corrected chi connectivity index (χ0v) is 35.3. The molecule has 0 spiro atoms. The maximum atomic E-state index is 6.51. The van der Waals surface area contributed by atoms with Gasteiger partial charge in [0.05, 0.1) is 0 Å². The van der Waals surface area contributed by atoms with Crippen molar-refractivity contribution < 1.29 is 8.83 Å². The van der Waals surface area contributed by atoms with Crippen molar-refractivity contribution in [2.75, 3.05) is 4.90 Å². The Morgan fingerprint density at radius 3 is 1.49 bits per heavy atom. The fourth-order valence-electron chi connectivity index (χ4n) is 9.86. The molecule has 0 atom stereocenters. The van der Waals surface area contributed by atoms with E-state index in [1.165, 1.54) is 32.7 Å². The van der Waals surface area contributed by atoms with Gasteiger partial charge in [0.15, 0.2) is 0 Å². The van der Waals surface area contributed by atoms with Crippen LogP contribution in [-0.2, 0) is 0 Å². The van der Waals surface area contributed by atoms with E-state index < -0.39 is 0 Å². The van der Waals surface area contributed by atoms with E-state index in [9.17, 15) is 0 Å². The normalized spacial score (nSPS) is 11.7. The predicted octanol–water partition coefficient (Wildman–Crippen LogP) is 17.9. The smallest absolute Gasteiger partial charge is 0.143 e. The number of fused-ring (bicyclic) bond motifs is 9. The van der Waals surface area contributed by atoms with Crippen LogP contribution in [0.5, 0.6) is 0 Å². The van der Waals surface area contributed by atoms with Crippen molar-refractivity contribution in [3.05, 3.63) is 237 Å². The number of para-hydroxylation sites is 2. The average Bonchev–Trinajstić information content (AvgIpc) is 3.96. The molecule has 3 nitrogen and oxygen atoms in total. The first-order valence-corrected chi connectivity index (χ1v) is 22.1. The number of nitrogens with zero attached hydrogens (tertiary/aromatic N) is 1. The molecule has 0 saturated heterocycles. The van der Waals surface area contributed by atoms with Crippen LogP contribution in [0.25, 0.3) is 110 Å². The topological polar surface area (TPSA) is 29.5 Å². The molecule has 0 N–H and O–H groups in total. The largest absolute Gasteiger partial charge is 0.456 e. The third kappa shape index (κ3) is 6.28. The van der Waals surface area contributed by atoms with Gasteiger partial charge in [0.2, 0.25) is 0 Å². The standard InChI is InChI=1S/C62H39NO2/c1-2-10-42(11-3-1)53-16-8-17-54-57-39-47(30-37-59(57)65-62(53)54)41-26-33-49(34-27-41)63(50-35-28-44(29-36-50)52-15-9-19-60-61(52)55-14-6-7-18-58(55)64-60)48-31-24-40(25-32-48)46-23-22-45-21-20-43-12-4-5-13-51(43)56(45)38-46/h1-39H. The Bertz CT molecular complexity index is 3920. The molecule has 0 saturated carbocycles. The number of hydrogen-bond donors (Lipinski definition) is 0. The Hall–Kier alpha value is -8.66.